The molecule has 0 aromatic heterocycles. The second-order valence-corrected chi connectivity index (χ2v) is 2.35. The highest BCUT2D eigenvalue weighted by molar-refractivity contribution is 6.00. The topological polar surface area (TPSA) is 96.0 Å². The van der Waals surface area contributed by atoms with E-state index in [9.17, 15) is 19.2 Å². The Labute approximate surface area is 77.9 Å². The van der Waals surface area contributed by atoms with Crippen molar-refractivity contribution < 1.29 is 33.4 Å². The van der Waals surface area contributed by atoms with Crippen LogP contribution in [0.2, 0.25) is 0 Å². The van der Waals surface area contributed by atoms with E-state index in [-0.39, 0.29) is 0 Å². The summed E-state index contributed by atoms with van der Waals surface area (Å²) in [6.45, 7) is -0.599. The lowest BCUT2D eigenvalue weighted by molar-refractivity contribution is -0.176. The predicted molar refractivity (Wildman–Crippen MR) is 37.4 cm³/mol. The minimum atomic E-state index is -1.05. The van der Waals surface area contributed by atoms with Crippen LogP contribution in [0.5, 0.6) is 0 Å². The monoisotopic (exact) mass is 202 g/mol. The number of cyclic esters (lactones) is 4. The minimum absolute atomic E-state index is 0.599. The zero-order chi connectivity index (χ0) is 10.6. The first-order valence-electron chi connectivity index (χ1n) is 3.62. The van der Waals surface area contributed by atoms with E-state index in [1.165, 1.54) is 0 Å². The summed E-state index contributed by atoms with van der Waals surface area (Å²) in [7, 11) is 0. The Bertz CT molecular complexity index is 264. The SMILES string of the molecule is O=C1CC(=O)OC(=O)CC(=O)OCO1. The number of esters is 4. The molecule has 7 nitrogen and oxygen atoms in total. The molecule has 1 rings (SSSR count). The third kappa shape index (κ3) is 3.21. The molecule has 0 aromatic rings. The van der Waals surface area contributed by atoms with E-state index < -0.39 is 43.5 Å². The number of ether oxygens (including phenoxy) is 3. The summed E-state index contributed by atoms with van der Waals surface area (Å²) in [6.07, 6.45) is -1.35. The van der Waals surface area contributed by atoms with Gasteiger partial charge in [0.1, 0.15) is 12.8 Å². The Morgan fingerprint density at radius 3 is 1.57 bits per heavy atom. The van der Waals surface area contributed by atoms with Crippen molar-refractivity contribution in [1.29, 1.82) is 0 Å². The van der Waals surface area contributed by atoms with Gasteiger partial charge in [0.25, 0.3) is 0 Å². The zero-order valence-electron chi connectivity index (χ0n) is 6.98. The molecule has 0 aromatic carbocycles. The molecule has 1 aliphatic heterocycles. The molecule has 0 spiro atoms. The summed E-state index contributed by atoms with van der Waals surface area (Å²) in [4.78, 5) is 42.9. The fourth-order valence-electron chi connectivity index (χ4n) is 0.698. The first-order valence-corrected chi connectivity index (χ1v) is 3.62. The van der Waals surface area contributed by atoms with Crippen LogP contribution in [-0.2, 0) is 33.4 Å². The van der Waals surface area contributed by atoms with Crippen molar-refractivity contribution in [3.8, 4) is 0 Å². The molecule has 0 N–H and O–H groups in total. The summed E-state index contributed by atoms with van der Waals surface area (Å²) in [5.74, 6) is -3.93. The van der Waals surface area contributed by atoms with E-state index in [1.54, 1.807) is 0 Å². The van der Waals surface area contributed by atoms with E-state index in [1.807, 2.05) is 0 Å². The van der Waals surface area contributed by atoms with Gasteiger partial charge in [0.05, 0.1) is 0 Å². The van der Waals surface area contributed by atoms with Gasteiger partial charge in [-0.3, -0.25) is 19.2 Å². The van der Waals surface area contributed by atoms with Crippen LogP contribution in [0, 0.1) is 0 Å². The van der Waals surface area contributed by atoms with Crippen LogP contribution in [0.3, 0.4) is 0 Å². The molecule has 1 fully saturated rings. The van der Waals surface area contributed by atoms with Gasteiger partial charge in [-0.05, 0) is 0 Å². The maximum atomic E-state index is 10.7. The maximum Gasteiger partial charge on any atom is 0.324 e. The Morgan fingerprint density at radius 1 is 0.714 bits per heavy atom. The normalized spacial score (nSPS) is 19.4. The molecule has 0 amide bonds. The number of hydrogen-bond donors (Lipinski definition) is 0. The van der Waals surface area contributed by atoms with Gasteiger partial charge in [0.2, 0.25) is 6.79 Å². The van der Waals surface area contributed by atoms with Gasteiger partial charge in [-0.2, -0.15) is 0 Å². The Balaban J connectivity index is 2.62. The predicted octanol–water partition coefficient (Wildman–Crippen LogP) is -1.11. The fraction of sp³-hybridized carbons (Fsp3) is 0.429. The van der Waals surface area contributed by atoms with Gasteiger partial charge in [-0.15, -0.1) is 0 Å². The summed E-state index contributed by atoms with van der Waals surface area (Å²) < 4.78 is 12.7. The quantitative estimate of drug-likeness (QED) is 0.363. The third-order valence-electron chi connectivity index (χ3n) is 1.24. The number of hydrogen-bond acceptors (Lipinski definition) is 7. The van der Waals surface area contributed by atoms with E-state index in [4.69, 9.17) is 0 Å². The van der Waals surface area contributed by atoms with E-state index in [0.29, 0.717) is 0 Å². The lowest BCUT2D eigenvalue weighted by Crippen LogP contribution is -2.24. The average Bonchev–Trinajstić information content (AvgIpc) is 2.01. The largest absolute Gasteiger partial charge is 0.427 e. The molecule has 1 heterocycles. The highest BCUT2D eigenvalue weighted by Gasteiger charge is 2.21. The van der Waals surface area contributed by atoms with Gasteiger partial charge < -0.3 is 14.2 Å². The van der Waals surface area contributed by atoms with Crippen molar-refractivity contribution >= 4 is 23.9 Å². The van der Waals surface area contributed by atoms with Crippen molar-refractivity contribution in [3.63, 3.8) is 0 Å². The van der Waals surface area contributed by atoms with Crippen molar-refractivity contribution in [2.24, 2.45) is 0 Å². The summed E-state index contributed by atoms with van der Waals surface area (Å²) in [6, 6.07) is 0. The van der Waals surface area contributed by atoms with Crippen LogP contribution in [0.15, 0.2) is 0 Å². The van der Waals surface area contributed by atoms with Crippen molar-refractivity contribution in [2.45, 2.75) is 12.8 Å². The first kappa shape index (κ1) is 10.2. The summed E-state index contributed by atoms with van der Waals surface area (Å²) >= 11 is 0. The first-order chi connectivity index (χ1) is 6.58. The van der Waals surface area contributed by atoms with Gasteiger partial charge in [-0.1, -0.05) is 0 Å². The molecular formula is C7H6O7. The van der Waals surface area contributed by atoms with E-state index in [0.717, 1.165) is 0 Å². The number of carbonyl (C=O) groups is 4. The van der Waals surface area contributed by atoms with E-state index in [2.05, 4.69) is 14.2 Å². The van der Waals surface area contributed by atoms with Crippen LogP contribution in [0.25, 0.3) is 0 Å². The van der Waals surface area contributed by atoms with Gasteiger partial charge in [0.15, 0.2) is 0 Å². The Kier molecular flexibility index (Phi) is 3.16. The molecule has 0 unspecified atom stereocenters. The third-order valence-corrected chi connectivity index (χ3v) is 1.24. The van der Waals surface area contributed by atoms with Crippen molar-refractivity contribution in [3.05, 3.63) is 0 Å². The van der Waals surface area contributed by atoms with Crippen LogP contribution >= 0.6 is 0 Å². The highest BCUT2D eigenvalue weighted by atomic mass is 16.7. The smallest absolute Gasteiger partial charge is 0.324 e. The molecule has 0 atom stereocenters. The molecule has 1 aliphatic rings. The van der Waals surface area contributed by atoms with Gasteiger partial charge >= 0.3 is 23.9 Å². The lowest BCUT2D eigenvalue weighted by Gasteiger charge is -2.08. The van der Waals surface area contributed by atoms with Gasteiger partial charge in [-0.25, -0.2) is 0 Å². The number of rotatable bonds is 0. The van der Waals surface area contributed by atoms with Crippen LogP contribution < -0.4 is 0 Å². The molecule has 0 saturated carbocycles. The second kappa shape index (κ2) is 4.35. The maximum absolute atomic E-state index is 10.7. The van der Waals surface area contributed by atoms with Crippen LogP contribution in [0.4, 0.5) is 0 Å². The van der Waals surface area contributed by atoms with Crippen molar-refractivity contribution in [1.82, 2.24) is 0 Å². The average molecular weight is 202 g/mol. The minimum Gasteiger partial charge on any atom is -0.427 e. The molecular weight excluding hydrogens is 196 g/mol. The van der Waals surface area contributed by atoms with E-state index >= 15 is 0 Å². The standard InChI is InChI=1S/C7H6O7/c8-4-1-6(10)14-7(11)2-5(9)13-3-12-4/h1-3H2. The lowest BCUT2D eigenvalue weighted by atomic mass is 10.4. The molecule has 7 heteroatoms. The molecule has 0 aliphatic carbocycles. The zero-order valence-corrected chi connectivity index (χ0v) is 6.98. The number of carbonyl (C=O) groups excluding carboxylic acids is 4. The second-order valence-electron chi connectivity index (χ2n) is 2.35. The van der Waals surface area contributed by atoms with Crippen LogP contribution in [-0.4, -0.2) is 30.7 Å². The summed E-state index contributed by atoms with van der Waals surface area (Å²) in [5.41, 5.74) is 0. The van der Waals surface area contributed by atoms with Crippen LogP contribution in [0.1, 0.15) is 12.8 Å². The molecule has 76 valence electrons. The molecule has 0 radical (unpaired) electrons. The molecule has 1 saturated heterocycles. The Hall–Kier alpha value is -1.92. The molecule has 0 bridgehead atoms. The Morgan fingerprint density at radius 2 is 1.14 bits per heavy atom. The van der Waals surface area contributed by atoms with Gasteiger partial charge in [0, 0.05) is 0 Å². The summed E-state index contributed by atoms with van der Waals surface area (Å²) in [5, 5.41) is 0. The highest BCUT2D eigenvalue weighted by Crippen LogP contribution is 1.99. The molecule has 14 heavy (non-hydrogen) atoms. The van der Waals surface area contributed by atoms with Crippen molar-refractivity contribution in [2.75, 3.05) is 6.79 Å². The fourth-order valence-corrected chi connectivity index (χ4v) is 0.698.